The van der Waals surface area contributed by atoms with E-state index in [9.17, 15) is 4.79 Å². The van der Waals surface area contributed by atoms with Gasteiger partial charge in [-0.1, -0.05) is 41.7 Å². The highest BCUT2D eigenvalue weighted by molar-refractivity contribution is 6.40. The summed E-state index contributed by atoms with van der Waals surface area (Å²) in [7, 11) is 1.62. The van der Waals surface area contributed by atoms with E-state index in [1.54, 1.807) is 19.2 Å². The summed E-state index contributed by atoms with van der Waals surface area (Å²) in [5.74, 6) is 0.792. The first-order valence-electron chi connectivity index (χ1n) is 7.46. The van der Waals surface area contributed by atoms with E-state index >= 15 is 0 Å². The van der Waals surface area contributed by atoms with Crippen LogP contribution in [-0.4, -0.2) is 45.2 Å². The lowest BCUT2D eigenvalue weighted by atomic mass is 10.3. The number of nitrogens with one attached hydrogen (secondary N) is 3. The molecule has 1 rings (SSSR count). The first-order valence-corrected chi connectivity index (χ1v) is 8.59. The minimum Gasteiger partial charge on any atom is -0.489 e. The molecule has 0 radical (unpaired) electrons. The quantitative estimate of drug-likeness (QED) is 0.359. The Morgan fingerprint density at radius 1 is 1.12 bits per heavy atom. The molecule has 1 amide bonds. The molecule has 0 bridgehead atoms. The maximum Gasteiger partial charge on any atom is 0.239 e. The van der Waals surface area contributed by atoms with Crippen LogP contribution in [0.3, 0.4) is 0 Å². The normalized spacial score (nSPS) is 11.1. The van der Waals surface area contributed by atoms with Gasteiger partial charge in [0.15, 0.2) is 11.7 Å². The second-order valence-electron chi connectivity index (χ2n) is 4.75. The summed E-state index contributed by atoms with van der Waals surface area (Å²) in [5, 5.41) is 9.85. The average Bonchev–Trinajstić information content (AvgIpc) is 2.53. The van der Waals surface area contributed by atoms with Crippen LogP contribution in [0.25, 0.3) is 0 Å². The van der Waals surface area contributed by atoms with Gasteiger partial charge in [0.05, 0.1) is 23.1 Å². The van der Waals surface area contributed by atoms with Crippen molar-refractivity contribution in [3.63, 3.8) is 0 Å². The van der Waals surface area contributed by atoms with Crippen molar-refractivity contribution in [2.75, 3.05) is 33.3 Å². The van der Waals surface area contributed by atoms with E-state index < -0.39 is 0 Å². The molecule has 0 saturated carbocycles. The number of carbonyl (C=O) groups is 1. The number of hydrogen-bond acceptors (Lipinski definition) is 3. The van der Waals surface area contributed by atoms with Crippen LogP contribution >= 0.6 is 34.8 Å². The Bertz CT molecular complexity index is 559. The van der Waals surface area contributed by atoms with Crippen LogP contribution in [0.1, 0.15) is 13.3 Å². The number of hydrogen-bond donors (Lipinski definition) is 3. The van der Waals surface area contributed by atoms with Crippen LogP contribution in [0.4, 0.5) is 0 Å². The minimum atomic E-state index is -0.0872. The first-order chi connectivity index (χ1) is 11.5. The maximum atomic E-state index is 11.5. The number of nitrogens with zero attached hydrogens (tertiary/aromatic N) is 1. The molecule has 0 fully saturated rings. The molecule has 6 nitrogen and oxygen atoms in total. The van der Waals surface area contributed by atoms with Crippen molar-refractivity contribution in [1.82, 2.24) is 16.0 Å². The summed E-state index contributed by atoms with van der Waals surface area (Å²) in [6.45, 7) is 3.56. The number of guanidine groups is 1. The maximum absolute atomic E-state index is 11.5. The summed E-state index contributed by atoms with van der Waals surface area (Å²) in [6.07, 6.45) is 0.895. The second kappa shape index (κ2) is 11.2. The van der Waals surface area contributed by atoms with Gasteiger partial charge in [0.2, 0.25) is 5.91 Å². The van der Waals surface area contributed by atoms with Crippen molar-refractivity contribution >= 4 is 46.7 Å². The third kappa shape index (κ3) is 7.47. The van der Waals surface area contributed by atoms with Crippen LogP contribution < -0.4 is 20.7 Å². The number of benzene rings is 1. The summed E-state index contributed by atoms with van der Waals surface area (Å²) in [5.41, 5.74) is 0. The van der Waals surface area contributed by atoms with Crippen molar-refractivity contribution in [2.45, 2.75) is 13.3 Å². The Morgan fingerprint density at radius 3 is 2.38 bits per heavy atom. The molecule has 1 aromatic rings. The van der Waals surface area contributed by atoms with E-state index in [1.807, 2.05) is 6.92 Å². The van der Waals surface area contributed by atoms with Crippen LogP contribution in [0.15, 0.2) is 17.1 Å². The minimum absolute atomic E-state index is 0.0872. The number of halogens is 3. The van der Waals surface area contributed by atoms with E-state index in [-0.39, 0.29) is 12.5 Å². The Hall–Kier alpha value is -1.37. The predicted octanol–water partition coefficient (Wildman–Crippen LogP) is 2.72. The first kappa shape index (κ1) is 20.7. The van der Waals surface area contributed by atoms with Gasteiger partial charge >= 0.3 is 0 Å². The zero-order valence-corrected chi connectivity index (χ0v) is 15.9. The lowest BCUT2D eigenvalue weighted by Gasteiger charge is -2.13. The molecule has 1 aromatic carbocycles. The Morgan fingerprint density at radius 2 is 1.79 bits per heavy atom. The fourth-order valence-electron chi connectivity index (χ4n) is 1.70. The topological polar surface area (TPSA) is 74.8 Å². The molecule has 0 spiro atoms. The third-order valence-electron chi connectivity index (χ3n) is 2.82. The standard InChI is InChI=1S/C15H21Cl3N4O2/c1-3-4-20-13(23)9-22-15(19-2)21-5-6-24-14-11(17)7-10(16)8-12(14)18/h7-8H,3-6,9H2,1-2H3,(H,20,23)(H2,19,21,22). The van der Waals surface area contributed by atoms with Crippen molar-refractivity contribution < 1.29 is 9.53 Å². The number of ether oxygens (including phenoxy) is 1. The summed E-state index contributed by atoms with van der Waals surface area (Å²) in [6, 6.07) is 3.13. The highest BCUT2D eigenvalue weighted by Crippen LogP contribution is 2.35. The molecular formula is C15H21Cl3N4O2. The largest absolute Gasteiger partial charge is 0.489 e. The van der Waals surface area contributed by atoms with E-state index in [0.717, 1.165) is 6.42 Å². The highest BCUT2D eigenvalue weighted by Gasteiger charge is 2.09. The smallest absolute Gasteiger partial charge is 0.239 e. The fourth-order valence-corrected chi connectivity index (χ4v) is 2.63. The Labute approximate surface area is 156 Å². The molecule has 0 aliphatic rings. The van der Waals surface area contributed by atoms with E-state index in [0.29, 0.717) is 46.5 Å². The van der Waals surface area contributed by atoms with Crippen molar-refractivity contribution in [3.05, 3.63) is 27.2 Å². The SMILES string of the molecule is CCCNC(=O)CNC(=NC)NCCOc1c(Cl)cc(Cl)cc1Cl. The lowest BCUT2D eigenvalue weighted by molar-refractivity contribution is -0.120. The van der Waals surface area contributed by atoms with Gasteiger partial charge in [0.25, 0.3) is 0 Å². The summed E-state index contributed by atoms with van der Waals surface area (Å²) >= 11 is 17.9. The van der Waals surface area contributed by atoms with Gasteiger partial charge in [0, 0.05) is 18.6 Å². The fraction of sp³-hybridized carbons (Fsp3) is 0.467. The van der Waals surface area contributed by atoms with Gasteiger partial charge in [-0.25, -0.2) is 0 Å². The Kier molecular flexibility index (Phi) is 9.67. The van der Waals surface area contributed by atoms with Crippen molar-refractivity contribution in [2.24, 2.45) is 4.99 Å². The summed E-state index contributed by atoms with van der Waals surface area (Å²) < 4.78 is 5.55. The molecule has 9 heteroatoms. The summed E-state index contributed by atoms with van der Waals surface area (Å²) in [4.78, 5) is 15.5. The molecule has 0 heterocycles. The van der Waals surface area contributed by atoms with Crippen LogP contribution in [0.2, 0.25) is 15.1 Å². The van der Waals surface area contributed by atoms with Crippen LogP contribution in [0, 0.1) is 0 Å². The predicted molar refractivity (Wildman–Crippen MR) is 99.6 cm³/mol. The molecule has 0 saturated heterocycles. The molecule has 0 aliphatic carbocycles. The molecule has 0 aliphatic heterocycles. The monoisotopic (exact) mass is 394 g/mol. The Balaban J connectivity index is 2.34. The molecule has 0 aromatic heterocycles. The molecular weight excluding hydrogens is 375 g/mol. The van der Waals surface area contributed by atoms with Crippen molar-refractivity contribution in [3.8, 4) is 5.75 Å². The zero-order chi connectivity index (χ0) is 17.9. The van der Waals surface area contributed by atoms with Gasteiger partial charge < -0.3 is 20.7 Å². The van der Waals surface area contributed by atoms with E-state index in [2.05, 4.69) is 20.9 Å². The molecule has 134 valence electrons. The number of carbonyl (C=O) groups excluding carboxylic acids is 1. The number of aliphatic imine (C=N–C) groups is 1. The van der Waals surface area contributed by atoms with Gasteiger partial charge in [-0.3, -0.25) is 9.79 Å². The molecule has 0 unspecified atom stereocenters. The third-order valence-corrected chi connectivity index (χ3v) is 3.60. The number of rotatable bonds is 8. The van der Waals surface area contributed by atoms with E-state index in [1.165, 1.54) is 0 Å². The van der Waals surface area contributed by atoms with Crippen LogP contribution in [0.5, 0.6) is 5.75 Å². The molecule has 24 heavy (non-hydrogen) atoms. The van der Waals surface area contributed by atoms with Gasteiger partial charge in [0.1, 0.15) is 6.61 Å². The van der Waals surface area contributed by atoms with Crippen LogP contribution in [-0.2, 0) is 4.79 Å². The average molecular weight is 396 g/mol. The highest BCUT2D eigenvalue weighted by atomic mass is 35.5. The lowest BCUT2D eigenvalue weighted by Crippen LogP contribution is -2.44. The van der Waals surface area contributed by atoms with Crippen molar-refractivity contribution in [1.29, 1.82) is 0 Å². The molecule has 0 atom stereocenters. The van der Waals surface area contributed by atoms with Gasteiger partial charge in [-0.2, -0.15) is 0 Å². The van der Waals surface area contributed by atoms with E-state index in [4.69, 9.17) is 39.5 Å². The molecule has 3 N–H and O–H groups in total. The number of amides is 1. The van der Waals surface area contributed by atoms with Gasteiger partial charge in [-0.05, 0) is 18.6 Å². The zero-order valence-electron chi connectivity index (χ0n) is 13.6. The second-order valence-corrected chi connectivity index (χ2v) is 6.00. The van der Waals surface area contributed by atoms with Gasteiger partial charge in [-0.15, -0.1) is 0 Å².